The van der Waals surface area contributed by atoms with Crippen molar-refractivity contribution < 1.29 is 14.5 Å². The van der Waals surface area contributed by atoms with Crippen LogP contribution in [0.4, 0.5) is 5.69 Å². The van der Waals surface area contributed by atoms with Gasteiger partial charge in [-0.3, -0.25) is 19.7 Å². The molecule has 1 aliphatic rings. The average Bonchev–Trinajstić information content (AvgIpc) is 3.10. The number of hydrogen-bond donors (Lipinski definition) is 2. The molecule has 1 saturated carbocycles. The number of non-ortho nitro benzene ring substituents is 1. The summed E-state index contributed by atoms with van der Waals surface area (Å²) in [6, 6.07) is 5.42. The number of nitro benzene ring substituents is 1. The van der Waals surface area contributed by atoms with Gasteiger partial charge in [0.05, 0.1) is 11.5 Å². The second-order valence-electron chi connectivity index (χ2n) is 6.13. The van der Waals surface area contributed by atoms with Crippen LogP contribution in [0.3, 0.4) is 0 Å². The zero-order valence-electron chi connectivity index (χ0n) is 13.6. The molecule has 1 aliphatic carbocycles. The first-order valence-corrected chi connectivity index (χ1v) is 8.35. The smallest absolute Gasteiger partial charge is 0.270 e. The molecule has 0 spiro atoms. The van der Waals surface area contributed by atoms with Gasteiger partial charge in [0.15, 0.2) is 0 Å². The molecule has 1 fully saturated rings. The van der Waals surface area contributed by atoms with Crippen molar-refractivity contribution in [2.75, 3.05) is 13.1 Å². The highest BCUT2D eigenvalue weighted by molar-refractivity contribution is 5.96. The number of nitro groups is 1. The van der Waals surface area contributed by atoms with Crippen molar-refractivity contribution in [2.45, 2.75) is 38.5 Å². The first-order valence-electron chi connectivity index (χ1n) is 8.35. The Bertz CT molecular complexity index is 597. The van der Waals surface area contributed by atoms with E-state index >= 15 is 0 Å². The van der Waals surface area contributed by atoms with Crippen LogP contribution in [0.25, 0.3) is 0 Å². The fourth-order valence-electron chi connectivity index (χ4n) is 3.00. The average molecular weight is 333 g/mol. The van der Waals surface area contributed by atoms with Gasteiger partial charge >= 0.3 is 0 Å². The molecule has 0 atom stereocenters. The summed E-state index contributed by atoms with van der Waals surface area (Å²) in [4.78, 5) is 33.8. The number of rotatable bonds is 8. The van der Waals surface area contributed by atoms with Crippen molar-refractivity contribution in [2.24, 2.45) is 5.92 Å². The van der Waals surface area contributed by atoms with Gasteiger partial charge in [-0.25, -0.2) is 0 Å². The molecule has 0 bridgehead atoms. The van der Waals surface area contributed by atoms with Crippen molar-refractivity contribution in [3.63, 3.8) is 0 Å². The fraction of sp³-hybridized carbons (Fsp3) is 0.529. The Hall–Kier alpha value is -2.44. The van der Waals surface area contributed by atoms with E-state index in [9.17, 15) is 19.7 Å². The van der Waals surface area contributed by atoms with E-state index in [-0.39, 0.29) is 23.7 Å². The lowest BCUT2D eigenvalue weighted by Crippen LogP contribution is -2.37. The maximum atomic E-state index is 11.9. The van der Waals surface area contributed by atoms with E-state index in [1.54, 1.807) is 0 Å². The number of benzene rings is 1. The van der Waals surface area contributed by atoms with Crippen LogP contribution in [0.1, 0.15) is 48.9 Å². The molecule has 0 aliphatic heterocycles. The van der Waals surface area contributed by atoms with Crippen LogP contribution in [0.5, 0.6) is 0 Å². The molecule has 0 saturated heterocycles. The quantitative estimate of drug-likeness (QED) is 0.433. The van der Waals surface area contributed by atoms with E-state index in [4.69, 9.17) is 0 Å². The van der Waals surface area contributed by atoms with Crippen molar-refractivity contribution in [3.8, 4) is 0 Å². The van der Waals surface area contributed by atoms with E-state index in [1.165, 1.54) is 49.9 Å². The maximum Gasteiger partial charge on any atom is 0.270 e. The van der Waals surface area contributed by atoms with Gasteiger partial charge in [-0.2, -0.15) is 0 Å². The molecule has 1 aromatic carbocycles. The lowest BCUT2D eigenvalue weighted by atomic mass is 10.0. The predicted molar refractivity (Wildman–Crippen MR) is 89.6 cm³/mol. The van der Waals surface area contributed by atoms with E-state index in [2.05, 4.69) is 10.6 Å². The molecule has 130 valence electrons. The van der Waals surface area contributed by atoms with E-state index in [1.807, 2.05) is 0 Å². The van der Waals surface area contributed by atoms with Crippen LogP contribution >= 0.6 is 0 Å². The summed E-state index contributed by atoms with van der Waals surface area (Å²) < 4.78 is 0. The summed E-state index contributed by atoms with van der Waals surface area (Å²) in [5, 5.41) is 15.9. The van der Waals surface area contributed by atoms with Crippen LogP contribution < -0.4 is 10.6 Å². The highest BCUT2D eigenvalue weighted by Crippen LogP contribution is 2.28. The fourth-order valence-corrected chi connectivity index (χ4v) is 3.00. The van der Waals surface area contributed by atoms with Crippen LogP contribution in [0.2, 0.25) is 0 Å². The third-order valence-corrected chi connectivity index (χ3v) is 4.31. The normalized spacial score (nSPS) is 14.3. The summed E-state index contributed by atoms with van der Waals surface area (Å²) in [5.74, 6) is 0.0514. The molecule has 2 amide bonds. The Balaban J connectivity index is 1.66. The Morgan fingerprint density at radius 2 is 1.96 bits per heavy atom. The second kappa shape index (κ2) is 9.00. The molecule has 2 rings (SSSR count). The number of carbonyl (C=O) groups excluding carboxylic acids is 2. The minimum atomic E-state index is -0.562. The third-order valence-electron chi connectivity index (χ3n) is 4.31. The molecule has 7 heteroatoms. The first kappa shape index (κ1) is 17.9. The number of nitrogens with one attached hydrogen (secondary N) is 2. The van der Waals surface area contributed by atoms with Gasteiger partial charge in [0.25, 0.3) is 11.6 Å². The second-order valence-corrected chi connectivity index (χ2v) is 6.13. The first-order chi connectivity index (χ1) is 11.6. The highest BCUT2D eigenvalue weighted by atomic mass is 16.6. The molecule has 0 aromatic heterocycles. The zero-order valence-corrected chi connectivity index (χ0v) is 13.6. The number of amides is 2. The minimum Gasteiger partial charge on any atom is -0.355 e. The van der Waals surface area contributed by atoms with Crippen LogP contribution in [0, 0.1) is 16.0 Å². The van der Waals surface area contributed by atoms with Gasteiger partial charge in [-0.1, -0.05) is 31.7 Å². The molecule has 2 N–H and O–H groups in total. The molecule has 1 aromatic rings. The largest absolute Gasteiger partial charge is 0.355 e. The van der Waals surface area contributed by atoms with Gasteiger partial charge in [-0.05, 0) is 24.8 Å². The Morgan fingerprint density at radius 3 is 2.67 bits per heavy atom. The molecule has 0 radical (unpaired) electrons. The maximum absolute atomic E-state index is 11.9. The highest BCUT2D eigenvalue weighted by Gasteiger charge is 2.15. The van der Waals surface area contributed by atoms with Crippen LogP contribution in [0.15, 0.2) is 24.3 Å². The SMILES string of the molecule is O=C(CNC(=O)c1cccc([N+](=O)[O-])c1)NCCCC1CCCC1. The van der Waals surface area contributed by atoms with Gasteiger partial charge in [0.1, 0.15) is 0 Å². The topological polar surface area (TPSA) is 101 Å². The third kappa shape index (κ3) is 5.64. The number of nitrogens with zero attached hydrogens (tertiary/aromatic N) is 1. The molecule has 7 nitrogen and oxygen atoms in total. The molecular formula is C17H23N3O4. The summed E-state index contributed by atoms with van der Waals surface area (Å²) in [5.41, 5.74) is 0.0113. The van der Waals surface area contributed by atoms with E-state index in [0.717, 1.165) is 18.8 Å². The monoisotopic (exact) mass is 333 g/mol. The van der Waals surface area contributed by atoms with Crippen molar-refractivity contribution in [1.29, 1.82) is 0 Å². The lowest BCUT2D eigenvalue weighted by Gasteiger charge is -2.10. The molecule has 24 heavy (non-hydrogen) atoms. The van der Waals surface area contributed by atoms with Crippen molar-refractivity contribution in [1.82, 2.24) is 10.6 Å². The predicted octanol–water partition coefficient (Wildman–Crippen LogP) is 2.41. The minimum absolute atomic E-state index is 0.134. The van der Waals surface area contributed by atoms with Crippen LogP contribution in [-0.2, 0) is 4.79 Å². The Kier molecular flexibility index (Phi) is 6.72. The number of hydrogen-bond acceptors (Lipinski definition) is 4. The summed E-state index contributed by atoms with van der Waals surface area (Å²) in [6.45, 7) is 0.479. The van der Waals surface area contributed by atoms with Crippen molar-refractivity contribution >= 4 is 17.5 Å². The Morgan fingerprint density at radius 1 is 1.21 bits per heavy atom. The number of carbonyl (C=O) groups is 2. The standard InChI is InChI=1S/C17H23N3O4/c21-16(18-10-4-7-13-5-1-2-6-13)12-19-17(22)14-8-3-9-15(11-14)20(23)24/h3,8-9,11,13H,1-2,4-7,10,12H2,(H,18,21)(H,19,22). The summed E-state index contributed by atoms with van der Waals surface area (Å²) >= 11 is 0. The Labute approximate surface area is 141 Å². The van der Waals surface area contributed by atoms with Crippen LogP contribution in [-0.4, -0.2) is 29.8 Å². The van der Waals surface area contributed by atoms with Gasteiger partial charge in [-0.15, -0.1) is 0 Å². The summed E-state index contributed by atoms with van der Waals surface area (Å²) in [6.07, 6.45) is 7.33. The summed E-state index contributed by atoms with van der Waals surface area (Å²) in [7, 11) is 0. The zero-order chi connectivity index (χ0) is 17.4. The van der Waals surface area contributed by atoms with Gasteiger partial charge in [0, 0.05) is 24.2 Å². The van der Waals surface area contributed by atoms with Gasteiger partial charge in [0.2, 0.25) is 5.91 Å². The lowest BCUT2D eigenvalue weighted by molar-refractivity contribution is -0.384. The molecular weight excluding hydrogens is 310 g/mol. The molecule has 0 heterocycles. The van der Waals surface area contributed by atoms with Gasteiger partial charge < -0.3 is 10.6 Å². The van der Waals surface area contributed by atoms with E-state index < -0.39 is 10.8 Å². The van der Waals surface area contributed by atoms with E-state index in [0.29, 0.717) is 6.54 Å². The molecule has 0 unspecified atom stereocenters. The van der Waals surface area contributed by atoms with Crippen molar-refractivity contribution in [3.05, 3.63) is 39.9 Å².